The largest absolute Gasteiger partial charge is 0.271 e. The Hall–Kier alpha value is -0.140. The molecular formula is C12H18BrClN2O2S. The standard InChI is InChI=1S/C12H18BrClN2O2S/c1-2-19(17,18)7-3-4-12(16-15)10-8-9(14)5-6-11(10)13/h5-6,8,12,16H,2-4,7,15H2,1H3. The summed E-state index contributed by atoms with van der Waals surface area (Å²) in [6.45, 7) is 1.65. The molecule has 0 saturated carbocycles. The molecule has 108 valence electrons. The van der Waals surface area contributed by atoms with Crippen LogP contribution in [0.25, 0.3) is 0 Å². The first-order chi connectivity index (χ1) is 8.89. The number of hydrogen-bond acceptors (Lipinski definition) is 4. The molecule has 0 radical (unpaired) electrons. The van der Waals surface area contributed by atoms with Gasteiger partial charge in [-0.15, -0.1) is 0 Å². The lowest BCUT2D eigenvalue weighted by Gasteiger charge is -2.18. The average Bonchev–Trinajstić information content (AvgIpc) is 2.38. The van der Waals surface area contributed by atoms with Gasteiger partial charge in [0.1, 0.15) is 9.84 Å². The smallest absolute Gasteiger partial charge is 0.150 e. The number of hydrazine groups is 1. The van der Waals surface area contributed by atoms with Gasteiger partial charge in [0, 0.05) is 21.3 Å². The summed E-state index contributed by atoms with van der Waals surface area (Å²) in [4.78, 5) is 0. The van der Waals surface area contributed by atoms with Gasteiger partial charge in [-0.25, -0.2) is 8.42 Å². The first-order valence-corrected chi connectivity index (χ1v) is 9.00. The normalized spacial score (nSPS) is 13.5. The Morgan fingerprint density at radius 1 is 1.47 bits per heavy atom. The summed E-state index contributed by atoms with van der Waals surface area (Å²) in [5, 5.41) is 0.625. The van der Waals surface area contributed by atoms with Crippen LogP contribution in [0.1, 0.15) is 31.4 Å². The molecule has 0 amide bonds. The van der Waals surface area contributed by atoms with Crippen LogP contribution in [0.3, 0.4) is 0 Å². The van der Waals surface area contributed by atoms with Crippen LogP contribution in [0.15, 0.2) is 22.7 Å². The second kappa shape index (κ2) is 7.59. The summed E-state index contributed by atoms with van der Waals surface area (Å²) in [6, 6.07) is 5.33. The molecule has 1 aromatic carbocycles. The zero-order valence-corrected chi connectivity index (χ0v) is 13.9. The second-order valence-corrected chi connectivity index (χ2v) is 8.03. The molecule has 0 aromatic heterocycles. The molecular weight excluding hydrogens is 352 g/mol. The minimum Gasteiger partial charge on any atom is -0.271 e. The van der Waals surface area contributed by atoms with Crippen LogP contribution < -0.4 is 11.3 Å². The Morgan fingerprint density at radius 3 is 2.74 bits per heavy atom. The highest BCUT2D eigenvalue weighted by molar-refractivity contribution is 9.10. The minimum absolute atomic E-state index is 0.125. The van der Waals surface area contributed by atoms with Gasteiger partial charge in [-0.05, 0) is 36.6 Å². The molecule has 0 aliphatic rings. The molecule has 1 rings (SSSR count). The van der Waals surface area contributed by atoms with Gasteiger partial charge in [0.2, 0.25) is 0 Å². The monoisotopic (exact) mass is 368 g/mol. The maximum atomic E-state index is 11.4. The second-order valence-electron chi connectivity index (χ2n) is 4.26. The molecule has 0 aliphatic heterocycles. The van der Waals surface area contributed by atoms with E-state index < -0.39 is 9.84 Å². The number of rotatable bonds is 7. The number of nitrogens with two attached hydrogens (primary N) is 1. The highest BCUT2D eigenvalue weighted by Gasteiger charge is 2.15. The Labute approximate surface area is 127 Å². The number of benzene rings is 1. The fourth-order valence-electron chi connectivity index (χ4n) is 1.76. The van der Waals surface area contributed by atoms with Crippen molar-refractivity contribution >= 4 is 37.4 Å². The van der Waals surface area contributed by atoms with E-state index in [-0.39, 0.29) is 17.5 Å². The number of sulfone groups is 1. The van der Waals surface area contributed by atoms with Gasteiger partial charge in [0.25, 0.3) is 0 Å². The van der Waals surface area contributed by atoms with Crippen molar-refractivity contribution in [3.05, 3.63) is 33.3 Å². The summed E-state index contributed by atoms with van der Waals surface area (Å²) >= 11 is 9.41. The lowest BCUT2D eigenvalue weighted by molar-refractivity contribution is 0.505. The highest BCUT2D eigenvalue weighted by Crippen LogP contribution is 2.29. The van der Waals surface area contributed by atoms with Crippen molar-refractivity contribution in [2.45, 2.75) is 25.8 Å². The van der Waals surface area contributed by atoms with E-state index in [1.165, 1.54) is 0 Å². The van der Waals surface area contributed by atoms with E-state index in [2.05, 4.69) is 21.4 Å². The molecule has 7 heteroatoms. The van der Waals surface area contributed by atoms with Crippen LogP contribution in [0.2, 0.25) is 5.02 Å². The molecule has 0 heterocycles. The Kier molecular flexibility index (Phi) is 6.76. The Bertz CT molecular complexity index is 522. The van der Waals surface area contributed by atoms with Gasteiger partial charge >= 0.3 is 0 Å². The van der Waals surface area contributed by atoms with Gasteiger partial charge in [-0.2, -0.15) is 0 Å². The minimum atomic E-state index is -2.93. The van der Waals surface area contributed by atoms with Crippen LogP contribution in [0, 0.1) is 0 Å². The van der Waals surface area contributed by atoms with Gasteiger partial charge < -0.3 is 0 Å². The Morgan fingerprint density at radius 2 is 2.16 bits per heavy atom. The molecule has 0 aliphatic carbocycles. The van der Waals surface area contributed by atoms with Crippen molar-refractivity contribution in [1.82, 2.24) is 5.43 Å². The topological polar surface area (TPSA) is 72.2 Å². The van der Waals surface area contributed by atoms with Crippen LogP contribution >= 0.6 is 27.5 Å². The quantitative estimate of drug-likeness (QED) is 0.572. The van der Waals surface area contributed by atoms with Crippen molar-refractivity contribution < 1.29 is 8.42 Å². The van der Waals surface area contributed by atoms with Gasteiger partial charge in [-0.1, -0.05) is 34.5 Å². The maximum Gasteiger partial charge on any atom is 0.150 e. The van der Waals surface area contributed by atoms with E-state index in [1.54, 1.807) is 13.0 Å². The SMILES string of the molecule is CCS(=O)(=O)CCCC(NN)c1cc(Cl)ccc1Br. The third kappa shape index (κ3) is 5.39. The number of nitrogens with one attached hydrogen (secondary N) is 1. The molecule has 1 aromatic rings. The van der Waals surface area contributed by atoms with Gasteiger partial charge in [-0.3, -0.25) is 11.3 Å². The lowest BCUT2D eigenvalue weighted by Crippen LogP contribution is -2.28. The van der Waals surface area contributed by atoms with Crippen molar-refractivity contribution in [3.63, 3.8) is 0 Å². The first-order valence-electron chi connectivity index (χ1n) is 6.01. The van der Waals surface area contributed by atoms with E-state index in [1.807, 2.05) is 12.1 Å². The highest BCUT2D eigenvalue weighted by atomic mass is 79.9. The lowest BCUT2D eigenvalue weighted by atomic mass is 10.0. The van der Waals surface area contributed by atoms with Gasteiger partial charge in [0.15, 0.2) is 0 Å². The maximum absolute atomic E-state index is 11.4. The van der Waals surface area contributed by atoms with Crippen LogP contribution in [0.4, 0.5) is 0 Å². The van der Waals surface area contributed by atoms with E-state index in [4.69, 9.17) is 17.4 Å². The molecule has 3 N–H and O–H groups in total. The fourth-order valence-corrected chi connectivity index (χ4v) is 3.36. The van der Waals surface area contributed by atoms with E-state index in [9.17, 15) is 8.42 Å². The molecule has 4 nitrogen and oxygen atoms in total. The molecule has 0 bridgehead atoms. The van der Waals surface area contributed by atoms with E-state index in [0.29, 0.717) is 17.9 Å². The third-order valence-electron chi connectivity index (χ3n) is 2.92. The fraction of sp³-hybridized carbons (Fsp3) is 0.500. The predicted octanol–water partition coefficient (Wildman–Crippen LogP) is 2.82. The van der Waals surface area contributed by atoms with E-state index >= 15 is 0 Å². The molecule has 1 unspecified atom stereocenters. The third-order valence-corrected chi connectivity index (χ3v) is 5.67. The summed E-state index contributed by atoms with van der Waals surface area (Å²) in [7, 11) is -2.93. The van der Waals surface area contributed by atoms with Crippen LogP contribution in [0.5, 0.6) is 0 Å². The Balaban J connectivity index is 2.71. The summed E-state index contributed by atoms with van der Waals surface area (Å²) in [5.74, 6) is 5.90. The molecule has 19 heavy (non-hydrogen) atoms. The predicted molar refractivity (Wildman–Crippen MR) is 82.8 cm³/mol. The van der Waals surface area contributed by atoms with Gasteiger partial charge in [0.05, 0.1) is 5.75 Å². The van der Waals surface area contributed by atoms with Crippen molar-refractivity contribution in [3.8, 4) is 0 Å². The first kappa shape index (κ1) is 16.9. The van der Waals surface area contributed by atoms with E-state index in [0.717, 1.165) is 10.0 Å². The van der Waals surface area contributed by atoms with Crippen molar-refractivity contribution in [2.75, 3.05) is 11.5 Å². The molecule has 0 saturated heterocycles. The van der Waals surface area contributed by atoms with Crippen molar-refractivity contribution in [2.24, 2.45) is 5.84 Å². The van der Waals surface area contributed by atoms with Crippen LogP contribution in [-0.4, -0.2) is 19.9 Å². The molecule has 1 atom stereocenters. The number of hydrogen-bond donors (Lipinski definition) is 2. The average molecular weight is 370 g/mol. The van der Waals surface area contributed by atoms with Crippen molar-refractivity contribution in [1.29, 1.82) is 0 Å². The number of halogens is 2. The van der Waals surface area contributed by atoms with Crippen LogP contribution in [-0.2, 0) is 9.84 Å². The molecule has 0 spiro atoms. The summed E-state index contributed by atoms with van der Waals surface area (Å²) in [6.07, 6.45) is 1.19. The summed E-state index contributed by atoms with van der Waals surface area (Å²) < 4.78 is 23.8. The molecule has 0 fully saturated rings. The zero-order chi connectivity index (χ0) is 14.5. The summed E-state index contributed by atoms with van der Waals surface area (Å²) in [5.41, 5.74) is 3.64. The zero-order valence-electron chi connectivity index (χ0n) is 10.7.